The molecule has 0 fully saturated rings. The molecule has 204 valence electrons. The Balaban J connectivity index is 2.10. The molecular weight excluding hydrogens is 505 g/mol. The molecule has 0 radical (unpaired) electrons. The predicted molar refractivity (Wildman–Crippen MR) is 136 cm³/mol. The van der Waals surface area contributed by atoms with Crippen LogP contribution in [0.5, 0.6) is 17.2 Å². The Labute approximate surface area is 218 Å². The van der Waals surface area contributed by atoms with Crippen LogP contribution in [0.3, 0.4) is 0 Å². The molecule has 0 spiro atoms. The Hall–Kier alpha value is -4.32. The second-order valence-corrected chi connectivity index (χ2v) is 8.09. The van der Waals surface area contributed by atoms with Crippen molar-refractivity contribution in [2.75, 3.05) is 20.8 Å². The number of nitrogens with zero attached hydrogens (tertiary/aromatic N) is 1. The number of ether oxygens (including phenoxy) is 3. The standard InChI is InChI=1S/C26H29F3N4O5/c1-5-31-15-18(13-30)23(34)33-25(2,16-36-3)24(35)32-14-17-6-8-19(9-7-17)38-22-11-10-20(37-4)12-21(22)26(27,28)29/h5-13,15H,1,14,16,30H2,2-4H3,(H,32,35)(H,33,34)/b18-13+,31-15-/t25-/m0/s1. The molecule has 9 nitrogen and oxygen atoms in total. The molecule has 0 heterocycles. The van der Waals surface area contributed by atoms with Crippen LogP contribution < -0.4 is 25.8 Å². The van der Waals surface area contributed by atoms with Crippen LogP contribution in [0.1, 0.15) is 18.1 Å². The molecule has 0 aliphatic carbocycles. The van der Waals surface area contributed by atoms with E-state index >= 15 is 0 Å². The zero-order valence-corrected chi connectivity index (χ0v) is 21.1. The summed E-state index contributed by atoms with van der Waals surface area (Å²) in [6.07, 6.45) is -1.18. The lowest BCUT2D eigenvalue weighted by Crippen LogP contribution is -2.59. The summed E-state index contributed by atoms with van der Waals surface area (Å²) in [6, 6.07) is 9.50. The lowest BCUT2D eigenvalue weighted by molar-refractivity contribution is -0.138. The Morgan fingerprint density at radius 3 is 2.32 bits per heavy atom. The largest absolute Gasteiger partial charge is 0.497 e. The van der Waals surface area contributed by atoms with E-state index < -0.39 is 29.1 Å². The summed E-state index contributed by atoms with van der Waals surface area (Å²) in [5.41, 5.74) is 3.69. The zero-order valence-electron chi connectivity index (χ0n) is 21.1. The van der Waals surface area contributed by atoms with Crippen LogP contribution in [0.15, 0.2) is 72.0 Å². The van der Waals surface area contributed by atoms with Crippen molar-refractivity contribution < 1.29 is 37.0 Å². The van der Waals surface area contributed by atoms with Crippen LogP contribution in [0.2, 0.25) is 0 Å². The van der Waals surface area contributed by atoms with Crippen LogP contribution in [-0.4, -0.2) is 44.4 Å². The molecular formula is C26H29F3N4O5. The quantitative estimate of drug-likeness (QED) is 0.282. The van der Waals surface area contributed by atoms with Crippen molar-refractivity contribution in [1.82, 2.24) is 10.6 Å². The van der Waals surface area contributed by atoms with Crippen molar-refractivity contribution in [2.45, 2.75) is 25.2 Å². The minimum atomic E-state index is -4.64. The highest BCUT2D eigenvalue weighted by atomic mass is 19.4. The number of rotatable bonds is 12. The van der Waals surface area contributed by atoms with Gasteiger partial charge in [-0.1, -0.05) is 18.7 Å². The van der Waals surface area contributed by atoms with E-state index in [-0.39, 0.29) is 36.0 Å². The summed E-state index contributed by atoms with van der Waals surface area (Å²) in [5.74, 6) is -1.36. The van der Waals surface area contributed by atoms with Crippen LogP contribution >= 0.6 is 0 Å². The topological polar surface area (TPSA) is 124 Å². The maximum absolute atomic E-state index is 13.4. The monoisotopic (exact) mass is 534 g/mol. The Bertz CT molecular complexity index is 1200. The molecule has 12 heteroatoms. The first-order valence-electron chi connectivity index (χ1n) is 11.1. The SMILES string of the molecule is C=C/N=C\C(=C/N)C(=O)N[C@@](C)(COC)C(=O)NCc1ccc(Oc2ccc(OC)cc2C(F)(F)F)cc1. The van der Waals surface area contributed by atoms with Gasteiger partial charge in [-0.25, -0.2) is 0 Å². The average Bonchev–Trinajstić information content (AvgIpc) is 2.88. The van der Waals surface area contributed by atoms with E-state index in [9.17, 15) is 22.8 Å². The molecule has 0 saturated heterocycles. The van der Waals surface area contributed by atoms with E-state index in [1.807, 2.05) is 0 Å². The molecule has 2 aromatic rings. The molecule has 0 bridgehead atoms. The fourth-order valence-electron chi connectivity index (χ4n) is 3.21. The second kappa shape index (κ2) is 13.3. The average molecular weight is 535 g/mol. The van der Waals surface area contributed by atoms with Gasteiger partial charge in [0.25, 0.3) is 5.91 Å². The smallest absolute Gasteiger partial charge is 0.420 e. The normalized spacial score (nSPS) is 13.5. The number of halogens is 3. The van der Waals surface area contributed by atoms with Gasteiger partial charge in [0.05, 0.1) is 19.3 Å². The molecule has 0 unspecified atom stereocenters. The van der Waals surface area contributed by atoms with Gasteiger partial charge < -0.3 is 30.6 Å². The Kier molecular flexibility index (Phi) is 10.5. The summed E-state index contributed by atoms with van der Waals surface area (Å²) < 4.78 is 55.7. The van der Waals surface area contributed by atoms with Crippen LogP contribution in [-0.2, 0) is 27.0 Å². The fourth-order valence-corrected chi connectivity index (χ4v) is 3.21. The number of aliphatic imine (C=N–C) groups is 1. The van der Waals surface area contributed by atoms with Crippen molar-refractivity contribution in [1.29, 1.82) is 0 Å². The lowest BCUT2D eigenvalue weighted by atomic mass is 10.0. The van der Waals surface area contributed by atoms with E-state index in [0.717, 1.165) is 12.3 Å². The maximum Gasteiger partial charge on any atom is 0.420 e. The molecule has 38 heavy (non-hydrogen) atoms. The van der Waals surface area contributed by atoms with Crippen LogP contribution in [0.4, 0.5) is 13.2 Å². The molecule has 0 aromatic heterocycles. The number of hydrogen-bond donors (Lipinski definition) is 3. The number of carbonyl (C=O) groups excluding carboxylic acids is 2. The summed E-state index contributed by atoms with van der Waals surface area (Å²) in [6.45, 7) is 4.81. The van der Waals surface area contributed by atoms with E-state index in [1.54, 1.807) is 12.1 Å². The third kappa shape index (κ3) is 8.10. The molecule has 1 atom stereocenters. The van der Waals surface area contributed by atoms with E-state index in [1.165, 1.54) is 57.8 Å². The van der Waals surface area contributed by atoms with Gasteiger partial charge in [-0.3, -0.25) is 14.6 Å². The summed E-state index contributed by atoms with van der Waals surface area (Å²) in [7, 11) is 2.65. The number of hydrogen-bond acceptors (Lipinski definition) is 7. The van der Waals surface area contributed by atoms with Crippen molar-refractivity contribution in [2.24, 2.45) is 10.7 Å². The zero-order chi connectivity index (χ0) is 28.3. The maximum atomic E-state index is 13.4. The van der Waals surface area contributed by atoms with Crippen molar-refractivity contribution in [3.05, 3.63) is 78.1 Å². The highest BCUT2D eigenvalue weighted by molar-refractivity contribution is 6.13. The number of nitrogens with two attached hydrogens (primary N) is 1. The molecule has 0 aliphatic rings. The third-order valence-electron chi connectivity index (χ3n) is 5.18. The number of nitrogens with one attached hydrogen (secondary N) is 2. The molecule has 0 aliphatic heterocycles. The second-order valence-electron chi connectivity index (χ2n) is 8.09. The molecule has 4 N–H and O–H groups in total. The number of alkyl halides is 3. The number of carbonyl (C=O) groups is 2. The van der Waals surface area contributed by atoms with Gasteiger partial charge in [0, 0.05) is 32.3 Å². The van der Waals surface area contributed by atoms with Gasteiger partial charge in [0.2, 0.25) is 5.91 Å². The number of methoxy groups -OCH3 is 2. The summed E-state index contributed by atoms with van der Waals surface area (Å²) in [4.78, 5) is 29.2. The summed E-state index contributed by atoms with van der Waals surface area (Å²) >= 11 is 0. The Morgan fingerprint density at radius 2 is 1.76 bits per heavy atom. The molecule has 2 aromatic carbocycles. The van der Waals surface area contributed by atoms with Crippen LogP contribution in [0.25, 0.3) is 0 Å². The number of amides is 2. The highest BCUT2D eigenvalue weighted by Gasteiger charge is 2.36. The van der Waals surface area contributed by atoms with Gasteiger partial charge in [-0.15, -0.1) is 0 Å². The first-order chi connectivity index (χ1) is 18.0. The Morgan fingerprint density at radius 1 is 1.11 bits per heavy atom. The minimum absolute atomic E-state index is 0.0150. The minimum Gasteiger partial charge on any atom is -0.497 e. The van der Waals surface area contributed by atoms with Gasteiger partial charge >= 0.3 is 6.18 Å². The number of benzene rings is 2. The van der Waals surface area contributed by atoms with Crippen molar-refractivity contribution >= 4 is 18.0 Å². The van der Waals surface area contributed by atoms with Gasteiger partial charge in [0.1, 0.15) is 28.4 Å². The van der Waals surface area contributed by atoms with E-state index in [0.29, 0.717) is 5.56 Å². The van der Waals surface area contributed by atoms with E-state index in [2.05, 4.69) is 22.2 Å². The molecule has 0 saturated carbocycles. The summed E-state index contributed by atoms with van der Waals surface area (Å²) in [5, 5.41) is 5.28. The van der Waals surface area contributed by atoms with E-state index in [4.69, 9.17) is 19.9 Å². The first-order valence-corrected chi connectivity index (χ1v) is 11.1. The van der Waals surface area contributed by atoms with Gasteiger partial charge in [-0.2, -0.15) is 13.2 Å². The lowest BCUT2D eigenvalue weighted by Gasteiger charge is -2.29. The van der Waals surface area contributed by atoms with Crippen molar-refractivity contribution in [3.8, 4) is 17.2 Å². The highest BCUT2D eigenvalue weighted by Crippen LogP contribution is 2.40. The van der Waals surface area contributed by atoms with Gasteiger partial charge in [0.15, 0.2) is 0 Å². The first kappa shape index (κ1) is 29.9. The van der Waals surface area contributed by atoms with Gasteiger partial charge in [-0.05, 0) is 42.8 Å². The predicted octanol–water partition coefficient (Wildman–Crippen LogP) is 3.70. The molecule has 2 amide bonds. The van der Waals surface area contributed by atoms with Crippen LogP contribution in [0, 0.1) is 0 Å². The molecule has 2 rings (SSSR count). The fraction of sp³-hybridized carbons (Fsp3) is 0.269. The van der Waals surface area contributed by atoms with Crippen molar-refractivity contribution in [3.63, 3.8) is 0 Å². The third-order valence-corrected chi connectivity index (χ3v) is 5.18.